The minimum atomic E-state index is 0.0519. The van der Waals surface area contributed by atoms with Gasteiger partial charge in [-0.25, -0.2) is 4.98 Å². The Morgan fingerprint density at radius 3 is 3.00 bits per heavy atom. The fraction of sp³-hybridized carbons (Fsp3) is 0.0909. The molecule has 0 aliphatic carbocycles. The summed E-state index contributed by atoms with van der Waals surface area (Å²) in [7, 11) is 0. The SMILES string of the molecule is N/C(=N/O)c1ccc(CSc2nccs2)c(Cl)c1. The maximum absolute atomic E-state index is 8.59. The largest absolute Gasteiger partial charge is 0.409 e. The minimum absolute atomic E-state index is 0.0519. The predicted molar refractivity (Wildman–Crippen MR) is 75.6 cm³/mol. The monoisotopic (exact) mass is 299 g/mol. The van der Waals surface area contributed by atoms with Crippen LogP contribution in [-0.4, -0.2) is 16.0 Å². The van der Waals surface area contributed by atoms with E-state index in [0.29, 0.717) is 10.6 Å². The summed E-state index contributed by atoms with van der Waals surface area (Å²) in [4.78, 5) is 4.19. The number of thiazole rings is 1. The summed E-state index contributed by atoms with van der Waals surface area (Å²) in [5.74, 6) is 0.791. The predicted octanol–water partition coefficient (Wildman–Crippen LogP) is 3.18. The first kappa shape index (κ1) is 13.2. The van der Waals surface area contributed by atoms with Crippen LogP contribution in [0.25, 0.3) is 0 Å². The third-order valence-corrected chi connectivity index (χ3v) is 4.58. The van der Waals surface area contributed by atoms with Gasteiger partial charge >= 0.3 is 0 Å². The number of nitrogens with zero attached hydrogens (tertiary/aromatic N) is 2. The van der Waals surface area contributed by atoms with Crippen LogP contribution in [0.2, 0.25) is 5.02 Å². The molecule has 94 valence electrons. The van der Waals surface area contributed by atoms with Crippen molar-refractivity contribution in [2.24, 2.45) is 10.9 Å². The molecule has 0 aliphatic heterocycles. The van der Waals surface area contributed by atoms with Gasteiger partial charge in [0.05, 0.1) is 0 Å². The number of rotatable bonds is 4. The molecule has 0 amide bonds. The van der Waals surface area contributed by atoms with E-state index in [1.54, 1.807) is 41.4 Å². The van der Waals surface area contributed by atoms with Crippen LogP contribution in [0.4, 0.5) is 0 Å². The van der Waals surface area contributed by atoms with Crippen molar-refractivity contribution >= 4 is 40.5 Å². The molecule has 0 spiro atoms. The second-order valence-corrected chi connectivity index (χ2v) is 5.90. The molecule has 2 aromatic rings. The van der Waals surface area contributed by atoms with Crippen molar-refractivity contribution in [2.45, 2.75) is 10.1 Å². The third-order valence-electron chi connectivity index (χ3n) is 2.22. The Bertz CT molecular complexity index is 557. The molecular weight excluding hydrogens is 290 g/mol. The van der Waals surface area contributed by atoms with Crippen LogP contribution in [0, 0.1) is 0 Å². The first-order chi connectivity index (χ1) is 8.70. The summed E-state index contributed by atoms with van der Waals surface area (Å²) >= 11 is 9.37. The van der Waals surface area contributed by atoms with Crippen molar-refractivity contribution in [3.63, 3.8) is 0 Å². The van der Waals surface area contributed by atoms with Gasteiger partial charge in [-0.1, -0.05) is 40.7 Å². The van der Waals surface area contributed by atoms with Gasteiger partial charge in [0.1, 0.15) is 4.34 Å². The van der Waals surface area contributed by atoms with Gasteiger partial charge < -0.3 is 10.9 Å². The van der Waals surface area contributed by atoms with Gasteiger partial charge in [0.15, 0.2) is 5.84 Å². The summed E-state index contributed by atoms with van der Waals surface area (Å²) in [6.07, 6.45) is 1.77. The lowest BCUT2D eigenvalue weighted by molar-refractivity contribution is 0.318. The number of thioether (sulfide) groups is 1. The Morgan fingerprint density at radius 2 is 2.39 bits per heavy atom. The van der Waals surface area contributed by atoms with E-state index < -0.39 is 0 Å². The van der Waals surface area contributed by atoms with Gasteiger partial charge in [-0.3, -0.25) is 0 Å². The zero-order chi connectivity index (χ0) is 13.0. The third kappa shape index (κ3) is 3.16. The molecule has 2 rings (SSSR count). The average Bonchev–Trinajstić information content (AvgIpc) is 2.89. The normalized spacial score (nSPS) is 11.7. The van der Waals surface area contributed by atoms with Crippen molar-refractivity contribution < 1.29 is 5.21 Å². The van der Waals surface area contributed by atoms with E-state index in [9.17, 15) is 0 Å². The van der Waals surface area contributed by atoms with Crippen LogP contribution in [0.5, 0.6) is 0 Å². The standard InChI is InChI=1S/C11H10ClN3OS2/c12-9-5-7(10(13)15-16)1-2-8(9)6-18-11-14-3-4-17-11/h1-5,16H,6H2,(H2,13,15). The molecule has 0 radical (unpaired) electrons. The fourth-order valence-corrected chi connectivity index (χ4v) is 3.27. The van der Waals surface area contributed by atoms with E-state index in [2.05, 4.69) is 10.1 Å². The van der Waals surface area contributed by atoms with E-state index in [1.165, 1.54) is 0 Å². The van der Waals surface area contributed by atoms with Gasteiger partial charge in [0.25, 0.3) is 0 Å². The smallest absolute Gasteiger partial charge is 0.170 e. The Morgan fingerprint density at radius 1 is 1.56 bits per heavy atom. The summed E-state index contributed by atoms with van der Waals surface area (Å²) in [6, 6.07) is 5.34. The van der Waals surface area contributed by atoms with E-state index in [0.717, 1.165) is 15.7 Å². The topological polar surface area (TPSA) is 71.5 Å². The lowest BCUT2D eigenvalue weighted by atomic mass is 10.1. The molecule has 7 heteroatoms. The van der Waals surface area contributed by atoms with Crippen LogP contribution in [0.3, 0.4) is 0 Å². The number of oxime groups is 1. The van der Waals surface area contributed by atoms with Crippen molar-refractivity contribution in [3.05, 3.63) is 45.9 Å². The van der Waals surface area contributed by atoms with Crippen molar-refractivity contribution in [2.75, 3.05) is 0 Å². The fourth-order valence-electron chi connectivity index (χ4n) is 1.30. The number of halogens is 1. The molecular formula is C11H10ClN3OS2. The second-order valence-electron chi connectivity index (χ2n) is 3.38. The van der Waals surface area contributed by atoms with E-state index >= 15 is 0 Å². The van der Waals surface area contributed by atoms with Crippen molar-refractivity contribution in [3.8, 4) is 0 Å². The minimum Gasteiger partial charge on any atom is -0.409 e. The Labute approximate surface area is 117 Å². The Kier molecular flexibility index (Phi) is 4.46. The van der Waals surface area contributed by atoms with Crippen LogP contribution in [0.15, 0.2) is 39.3 Å². The molecule has 3 N–H and O–H groups in total. The van der Waals surface area contributed by atoms with Crippen LogP contribution in [0.1, 0.15) is 11.1 Å². The highest BCUT2D eigenvalue weighted by molar-refractivity contribution is 8.00. The molecule has 1 aromatic carbocycles. The molecule has 4 nitrogen and oxygen atoms in total. The highest BCUT2D eigenvalue weighted by atomic mass is 35.5. The summed E-state index contributed by atoms with van der Waals surface area (Å²) in [5.41, 5.74) is 7.09. The highest BCUT2D eigenvalue weighted by Gasteiger charge is 2.06. The Balaban J connectivity index is 2.10. The highest BCUT2D eigenvalue weighted by Crippen LogP contribution is 2.28. The molecule has 0 unspecified atom stereocenters. The van der Waals surface area contributed by atoms with Gasteiger partial charge in [0.2, 0.25) is 0 Å². The van der Waals surface area contributed by atoms with Crippen LogP contribution in [-0.2, 0) is 5.75 Å². The van der Waals surface area contributed by atoms with Gasteiger partial charge in [-0.05, 0) is 11.6 Å². The lowest BCUT2D eigenvalue weighted by Gasteiger charge is -2.05. The molecule has 0 fully saturated rings. The zero-order valence-electron chi connectivity index (χ0n) is 9.21. The quantitative estimate of drug-likeness (QED) is 0.299. The van der Waals surface area contributed by atoms with Gasteiger partial charge in [0, 0.05) is 27.9 Å². The molecule has 0 bridgehead atoms. The first-order valence-electron chi connectivity index (χ1n) is 4.99. The molecule has 0 saturated heterocycles. The number of aromatic nitrogens is 1. The molecule has 1 aromatic heterocycles. The van der Waals surface area contributed by atoms with E-state index in [1.807, 2.05) is 11.4 Å². The maximum atomic E-state index is 8.59. The number of hydrogen-bond acceptors (Lipinski definition) is 5. The molecule has 18 heavy (non-hydrogen) atoms. The second kappa shape index (κ2) is 6.08. The van der Waals surface area contributed by atoms with Crippen LogP contribution < -0.4 is 5.73 Å². The number of benzene rings is 1. The van der Waals surface area contributed by atoms with E-state index in [4.69, 9.17) is 22.5 Å². The Hall–Kier alpha value is -1.24. The van der Waals surface area contributed by atoms with Crippen LogP contribution >= 0.6 is 34.7 Å². The lowest BCUT2D eigenvalue weighted by Crippen LogP contribution is -2.12. The zero-order valence-corrected chi connectivity index (χ0v) is 11.6. The number of hydrogen-bond donors (Lipinski definition) is 2. The summed E-state index contributed by atoms with van der Waals surface area (Å²) in [6.45, 7) is 0. The summed E-state index contributed by atoms with van der Waals surface area (Å²) < 4.78 is 1.01. The molecule has 0 saturated carbocycles. The average molecular weight is 300 g/mol. The van der Waals surface area contributed by atoms with E-state index in [-0.39, 0.29) is 5.84 Å². The first-order valence-corrected chi connectivity index (χ1v) is 7.23. The summed E-state index contributed by atoms with van der Waals surface area (Å²) in [5, 5.41) is 14.1. The van der Waals surface area contributed by atoms with Gasteiger partial charge in [-0.2, -0.15) is 0 Å². The molecule has 1 heterocycles. The maximum Gasteiger partial charge on any atom is 0.170 e. The van der Waals surface area contributed by atoms with Gasteiger partial charge in [-0.15, -0.1) is 11.3 Å². The number of nitrogens with two attached hydrogens (primary N) is 1. The van der Waals surface area contributed by atoms with Crippen molar-refractivity contribution in [1.29, 1.82) is 0 Å². The number of amidine groups is 1. The van der Waals surface area contributed by atoms with Crippen molar-refractivity contribution in [1.82, 2.24) is 4.98 Å². The molecule has 0 atom stereocenters. The molecule has 0 aliphatic rings.